The number of amides is 2. The predicted molar refractivity (Wildman–Crippen MR) is 100 cm³/mol. The number of nitrogens with one attached hydrogen (secondary N) is 1. The number of pyridine rings is 1. The molecule has 1 aromatic heterocycles. The van der Waals surface area contributed by atoms with E-state index in [1.807, 2.05) is 0 Å². The number of carbonyl (C=O) groups is 2. The van der Waals surface area contributed by atoms with Gasteiger partial charge in [-0.2, -0.15) is 26.3 Å². The zero-order valence-corrected chi connectivity index (χ0v) is 16.1. The van der Waals surface area contributed by atoms with Crippen molar-refractivity contribution in [2.45, 2.75) is 38.2 Å². The van der Waals surface area contributed by atoms with E-state index in [2.05, 4.69) is 10.3 Å². The summed E-state index contributed by atoms with van der Waals surface area (Å²) in [5, 5.41) is 2.50. The molecule has 0 spiro atoms. The summed E-state index contributed by atoms with van der Waals surface area (Å²) in [6, 6.07) is 5.71. The Bertz CT molecular complexity index is 1010. The molecule has 0 radical (unpaired) electrons. The number of aromatic nitrogens is 1. The van der Waals surface area contributed by atoms with E-state index in [1.54, 1.807) is 19.1 Å². The van der Waals surface area contributed by atoms with E-state index in [0.717, 1.165) is 24.0 Å². The first kappa shape index (κ1) is 22.6. The molecule has 0 fully saturated rings. The van der Waals surface area contributed by atoms with Crippen molar-refractivity contribution in [3.63, 3.8) is 0 Å². The molecular weight excluding hydrogens is 428 g/mol. The Labute approximate surface area is 174 Å². The lowest BCUT2D eigenvalue weighted by Crippen LogP contribution is -2.44. The van der Waals surface area contributed by atoms with Crippen molar-refractivity contribution in [1.29, 1.82) is 0 Å². The maximum atomic E-state index is 12.8. The second-order valence-electron chi connectivity index (χ2n) is 7.33. The van der Waals surface area contributed by atoms with Gasteiger partial charge in [-0.3, -0.25) is 14.6 Å². The van der Waals surface area contributed by atoms with Crippen LogP contribution in [0.15, 0.2) is 36.7 Å². The largest absolute Gasteiger partial charge is 0.471 e. The lowest BCUT2D eigenvalue weighted by Gasteiger charge is -2.33. The van der Waals surface area contributed by atoms with E-state index in [-0.39, 0.29) is 37.2 Å². The normalized spacial score (nSPS) is 16.6. The molecule has 1 N–H and O–H groups in total. The van der Waals surface area contributed by atoms with Crippen molar-refractivity contribution in [2.24, 2.45) is 0 Å². The standard InChI is InChI=1S/C20H17F6N3O2.H2/c1-11-9-29(18(31)20(24,25)26)10-14-5-15(2-3-16(11)14)28-17(30)13-4-12(7-27-8-13)6-19(21,22)23;/h2-5,7-8,11H,6,9-10H2,1H3,(H,28,30);1H/t11-;/m0./s1. The summed E-state index contributed by atoms with van der Waals surface area (Å²) in [7, 11) is 0. The highest BCUT2D eigenvalue weighted by Crippen LogP contribution is 2.32. The average Bonchev–Trinajstić information content (AvgIpc) is 2.65. The number of alkyl halides is 6. The fourth-order valence-corrected chi connectivity index (χ4v) is 3.48. The van der Waals surface area contributed by atoms with E-state index in [1.165, 1.54) is 6.07 Å². The van der Waals surface area contributed by atoms with Gasteiger partial charge in [-0.1, -0.05) is 13.0 Å². The number of benzene rings is 1. The fraction of sp³-hybridized carbons (Fsp3) is 0.350. The van der Waals surface area contributed by atoms with Crippen LogP contribution in [-0.4, -0.2) is 40.6 Å². The highest BCUT2D eigenvalue weighted by atomic mass is 19.4. The van der Waals surface area contributed by atoms with Gasteiger partial charge in [-0.05, 0) is 40.8 Å². The number of nitrogens with zero attached hydrogens (tertiary/aromatic N) is 2. The van der Waals surface area contributed by atoms with Gasteiger partial charge in [-0.25, -0.2) is 0 Å². The third kappa shape index (κ3) is 5.53. The zero-order chi connectivity index (χ0) is 23.0. The summed E-state index contributed by atoms with van der Waals surface area (Å²) in [6.07, 6.45) is -8.56. The second-order valence-corrected chi connectivity index (χ2v) is 7.33. The van der Waals surface area contributed by atoms with Gasteiger partial charge in [0, 0.05) is 32.6 Å². The Morgan fingerprint density at radius 1 is 1.16 bits per heavy atom. The molecule has 1 aliphatic heterocycles. The number of fused-ring (bicyclic) bond motifs is 1. The van der Waals surface area contributed by atoms with Crippen LogP contribution in [-0.2, 0) is 17.8 Å². The van der Waals surface area contributed by atoms with Crippen LogP contribution in [0.5, 0.6) is 0 Å². The summed E-state index contributed by atoms with van der Waals surface area (Å²) in [5.74, 6) is -3.00. The molecule has 11 heteroatoms. The lowest BCUT2D eigenvalue weighted by atomic mass is 9.90. The topological polar surface area (TPSA) is 62.3 Å². The van der Waals surface area contributed by atoms with Gasteiger partial charge in [0.25, 0.3) is 5.91 Å². The maximum absolute atomic E-state index is 12.8. The average molecular weight is 447 g/mol. The van der Waals surface area contributed by atoms with E-state index in [9.17, 15) is 35.9 Å². The van der Waals surface area contributed by atoms with Crippen LogP contribution in [0.3, 0.4) is 0 Å². The summed E-state index contributed by atoms with van der Waals surface area (Å²) in [4.78, 5) is 28.4. The first-order valence-electron chi connectivity index (χ1n) is 9.14. The molecule has 31 heavy (non-hydrogen) atoms. The molecule has 0 saturated heterocycles. The summed E-state index contributed by atoms with van der Waals surface area (Å²) < 4.78 is 76.0. The van der Waals surface area contributed by atoms with E-state index < -0.39 is 30.6 Å². The third-order valence-corrected chi connectivity index (χ3v) is 4.78. The van der Waals surface area contributed by atoms with Crippen molar-refractivity contribution in [1.82, 2.24) is 9.88 Å². The van der Waals surface area contributed by atoms with Gasteiger partial charge in [0.15, 0.2) is 0 Å². The van der Waals surface area contributed by atoms with Crippen molar-refractivity contribution in [2.75, 3.05) is 11.9 Å². The minimum Gasteiger partial charge on any atom is -0.330 e. The van der Waals surface area contributed by atoms with E-state index in [0.29, 0.717) is 10.5 Å². The highest BCUT2D eigenvalue weighted by molar-refractivity contribution is 6.04. The Hall–Kier alpha value is -3.11. The van der Waals surface area contributed by atoms with Crippen LogP contribution in [0, 0.1) is 0 Å². The molecule has 0 saturated carbocycles. The van der Waals surface area contributed by atoms with Gasteiger partial charge in [0.2, 0.25) is 0 Å². The van der Waals surface area contributed by atoms with Gasteiger partial charge < -0.3 is 10.2 Å². The number of hydrogen-bond donors (Lipinski definition) is 1. The molecule has 1 aliphatic rings. The van der Waals surface area contributed by atoms with Crippen molar-refractivity contribution in [3.05, 3.63) is 58.9 Å². The van der Waals surface area contributed by atoms with Crippen LogP contribution in [0.2, 0.25) is 0 Å². The quantitative estimate of drug-likeness (QED) is 0.695. The molecule has 1 atom stereocenters. The van der Waals surface area contributed by atoms with Crippen LogP contribution >= 0.6 is 0 Å². The molecule has 2 heterocycles. The number of halogens is 6. The lowest BCUT2D eigenvalue weighted by molar-refractivity contribution is -0.186. The van der Waals surface area contributed by atoms with Gasteiger partial charge >= 0.3 is 18.3 Å². The summed E-state index contributed by atoms with van der Waals surface area (Å²) in [6.45, 7) is 1.32. The SMILES string of the molecule is C[C@H]1CN(C(=O)C(F)(F)F)Cc2cc(NC(=O)c3cncc(CC(F)(F)F)c3)ccc21.[HH]. The molecular formula is C20H19F6N3O2. The monoisotopic (exact) mass is 447 g/mol. The maximum Gasteiger partial charge on any atom is 0.471 e. The molecule has 5 nitrogen and oxygen atoms in total. The third-order valence-electron chi connectivity index (χ3n) is 4.78. The zero-order valence-electron chi connectivity index (χ0n) is 16.1. The molecule has 2 aromatic rings. The summed E-state index contributed by atoms with van der Waals surface area (Å²) >= 11 is 0. The Balaban J connectivity index is 0.00000363. The van der Waals surface area contributed by atoms with Crippen molar-refractivity contribution >= 4 is 17.5 Å². The fourth-order valence-electron chi connectivity index (χ4n) is 3.48. The smallest absolute Gasteiger partial charge is 0.330 e. The minimum atomic E-state index is -4.99. The van der Waals surface area contributed by atoms with Crippen LogP contribution in [0.1, 0.15) is 41.3 Å². The first-order valence-corrected chi connectivity index (χ1v) is 9.14. The van der Waals surface area contributed by atoms with Crippen LogP contribution in [0.4, 0.5) is 32.0 Å². The highest BCUT2D eigenvalue weighted by Gasteiger charge is 2.44. The molecule has 0 bridgehead atoms. The van der Waals surface area contributed by atoms with Gasteiger partial charge in [0.1, 0.15) is 0 Å². The molecule has 3 rings (SSSR count). The van der Waals surface area contributed by atoms with E-state index in [4.69, 9.17) is 0 Å². The Morgan fingerprint density at radius 3 is 2.52 bits per heavy atom. The number of rotatable bonds is 3. The minimum absolute atomic E-state index is 0. The second kappa shape index (κ2) is 8.20. The van der Waals surface area contributed by atoms with E-state index >= 15 is 0 Å². The van der Waals surface area contributed by atoms with Gasteiger partial charge in [-0.15, -0.1) is 0 Å². The van der Waals surface area contributed by atoms with Crippen LogP contribution < -0.4 is 5.32 Å². The molecule has 1 aromatic carbocycles. The molecule has 0 aliphatic carbocycles. The molecule has 0 unspecified atom stereocenters. The first-order chi connectivity index (χ1) is 14.3. The van der Waals surface area contributed by atoms with Crippen molar-refractivity contribution in [3.8, 4) is 0 Å². The summed E-state index contributed by atoms with van der Waals surface area (Å²) in [5.41, 5.74) is 1.15. The molecule has 2 amide bonds. The number of hydrogen-bond acceptors (Lipinski definition) is 3. The number of anilines is 1. The number of carbonyl (C=O) groups excluding carboxylic acids is 2. The molecule has 168 valence electrons. The van der Waals surface area contributed by atoms with Crippen LogP contribution in [0.25, 0.3) is 0 Å². The van der Waals surface area contributed by atoms with Crippen molar-refractivity contribution < 1.29 is 37.4 Å². The van der Waals surface area contributed by atoms with Gasteiger partial charge in [0.05, 0.1) is 12.0 Å². The predicted octanol–water partition coefficient (Wildman–Crippen LogP) is 4.69. The Morgan fingerprint density at radius 2 is 1.87 bits per heavy atom. The Kier molecular flexibility index (Phi) is 5.97.